The summed E-state index contributed by atoms with van der Waals surface area (Å²) in [6.07, 6.45) is 3.61. The summed E-state index contributed by atoms with van der Waals surface area (Å²) in [7, 11) is 0. The lowest BCUT2D eigenvalue weighted by Crippen LogP contribution is -2.60. The smallest absolute Gasteiger partial charge is 0.255 e. The van der Waals surface area contributed by atoms with E-state index in [1.807, 2.05) is 30.3 Å². The van der Waals surface area contributed by atoms with Crippen molar-refractivity contribution < 1.29 is 14.4 Å². The number of carbonyl (C=O) groups is 3. The number of para-hydroxylation sites is 1. The van der Waals surface area contributed by atoms with Crippen molar-refractivity contribution in [2.75, 3.05) is 6.54 Å². The molecule has 1 aromatic heterocycles. The molecule has 29 heavy (non-hydrogen) atoms. The zero-order valence-corrected chi connectivity index (χ0v) is 16.6. The van der Waals surface area contributed by atoms with Crippen molar-refractivity contribution >= 4 is 17.7 Å². The van der Waals surface area contributed by atoms with Gasteiger partial charge in [-0.15, -0.1) is 0 Å². The van der Waals surface area contributed by atoms with Crippen molar-refractivity contribution in [3.63, 3.8) is 0 Å². The maximum absolute atomic E-state index is 13.0. The molecule has 152 valence electrons. The van der Waals surface area contributed by atoms with Gasteiger partial charge in [0.05, 0.1) is 23.1 Å². The molecule has 0 saturated carbocycles. The van der Waals surface area contributed by atoms with Gasteiger partial charge in [0.1, 0.15) is 12.1 Å². The molecular formula is C21H25N5O3. The monoisotopic (exact) mass is 395 g/mol. The Bertz CT molecular complexity index is 939. The molecule has 2 saturated heterocycles. The Morgan fingerprint density at radius 3 is 2.76 bits per heavy atom. The quantitative estimate of drug-likeness (QED) is 0.791. The lowest BCUT2D eigenvalue weighted by Gasteiger charge is -2.32. The van der Waals surface area contributed by atoms with Crippen LogP contribution in [-0.2, 0) is 16.0 Å². The lowest BCUT2D eigenvalue weighted by atomic mass is 10.1. The maximum atomic E-state index is 13.0. The zero-order valence-electron chi connectivity index (χ0n) is 16.6. The van der Waals surface area contributed by atoms with Gasteiger partial charge in [0.25, 0.3) is 5.91 Å². The number of aromatic nitrogens is 2. The van der Waals surface area contributed by atoms with Crippen LogP contribution in [0.1, 0.15) is 42.7 Å². The van der Waals surface area contributed by atoms with Crippen molar-refractivity contribution in [2.45, 2.75) is 51.2 Å². The molecule has 0 radical (unpaired) electrons. The van der Waals surface area contributed by atoms with Gasteiger partial charge in [-0.3, -0.25) is 14.4 Å². The second-order valence-electron chi connectivity index (χ2n) is 7.65. The molecule has 3 atom stereocenters. The third kappa shape index (κ3) is 3.50. The molecule has 0 unspecified atom stereocenters. The van der Waals surface area contributed by atoms with Crippen LogP contribution in [0.5, 0.6) is 0 Å². The molecule has 3 heterocycles. The van der Waals surface area contributed by atoms with Crippen LogP contribution in [0.4, 0.5) is 0 Å². The molecule has 2 aromatic rings. The molecule has 2 aliphatic rings. The summed E-state index contributed by atoms with van der Waals surface area (Å²) in [6.45, 7) is 4.09. The van der Waals surface area contributed by atoms with Gasteiger partial charge in [0.2, 0.25) is 11.8 Å². The predicted octanol–water partition coefficient (Wildman–Crippen LogP) is 1.04. The number of hydrogen-bond acceptors (Lipinski definition) is 4. The highest BCUT2D eigenvalue weighted by Crippen LogP contribution is 2.23. The number of benzene rings is 1. The van der Waals surface area contributed by atoms with E-state index in [0.29, 0.717) is 18.5 Å². The minimum absolute atomic E-state index is 0.102. The van der Waals surface area contributed by atoms with Crippen LogP contribution in [0, 0.1) is 0 Å². The number of amides is 3. The van der Waals surface area contributed by atoms with E-state index in [9.17, 15) is 14.4 Å². The Hall–Kier alpha value is -3.16. The predicted molar refractivity (Wildman–Crippen MR) is 107 cm³/mol. The van der Waals surface area contributed by atoms with Crippen molar-refractivity contribution in [1.82, 2.24) is 25.3 Å². The molecule has 2 fully saturated rings. The number of fused-ring (bicyclic) bond motifs is 1. The van der Waals surface area contributed by atoms with Crippen LogP contribution in [0.15, 0.2) is 36.5 Å². The van der Waals surface area contributed by atoms with Crippen LogP contribution in [0.3, 0.4) is 0 Å². The van der Waals surface area contributed by atoms with Crippen molar-refractivity contribution in [1.29, 1.82) is 0 Å². The Kier molecular flexibility index (Phi) is 5.08. The fourth-order valence-electron chi connectivity index (χ4n) is 4.15. The highest BCUT2D eigenvalue weighted by atomic mass is 16.2. The Labute approximate surface area is 169 Å². The summed E-state index contributed by atoms with van der Waals surface area (Å²) in [4.78, 5) is 39.1. The first-order chi connectivity index (χ1) is 14.0. The van der Waals surface area contributed by atoms with Crippen LogP contribution in [0.25, 0.3) is 5.69 Å². The van der Waals surface area contributed by atoms with Gasteiger partial charge in [-0.1, -0.05) is 31.5 Å². The number of carbonyl (C=O) groups excluding carboxylic acids is 3. The molecule has 1 aromatic carbocycles. The molecule has 0 bridgehead atoms. The largest absolute Gasteiger partial charge is 0.347 e. The van der Waals surface area contributed by atoms with E-state index in [-0.39, 0.29) is 23.8 Å². The summed E-state index contributed by atoms with van der Waals surface area (Å²) < 4.78 is 1.80. The molecule has 8 heteroatoms. The molecule has 8 nitrogen and oxygen atoms in total. The van der Waals surface area contributed by atoms with Gasteiger partial charge in [0, 0.05) is 12.6 Å². The van der Waals surface area contributed by atoms with E-state index < -0.39 is 12.1 Å². The van der Waals surface area contributed by atoms with Gasteiger partial charge in [-0.2, -0.15) is 5.10 Å². The first-order valence-corrected chi connectivity index (χ1v) is 10.0. The average molecular weight is 395 g/mol. The molecular weight excluding hydrogens is 370 g/mol. The van der Waals surface area contributed by atoms with Crippen LogP contribution in [0.2, 0.25) is 0 Å². The van der Waals surface area contributed by atoms with Gasteiger partial charge >= 0.3 is 0 Å². The van der Waals surface area contributed by atoms with Crippen molar-refractivity contribution in [3.05, 3.63) is 47.8 Å². The standard InChI is InChI=1S/C21H25N5O3/c1-3-7-17-16(11-22-26(17)15-8-5-4-6-9-15)19(27)24-14-10-18-20(28)23-13(2)21(29)25(18)12-14/h4-6,8-9,11,13-14,18H,3,7,10,12H2,1-2H3,(H,23,28)(H,24,27)/t13-,14-,18-/m0/s1. The molecule has 2 N–H and O–H groups in total. The van der Waals surface area contributed by atoms with E-state index >= 15 is 0 Å². The van der Waals surface area contributed by atoms with Gasteiger partial charge in [-0.25, -0.2) is 4.68 Å². The van der Waals surface area contributed by atoms with E-state index in [1.54, 1.807) is 22.7 Å². The first-order valence-electron chi connectivity index (χ1n) is 10.0. The van der Waals surface area contributed by atoms with Crippen molar-refractivity contribution in [2.24, 2.45) is 0 Å². The Morgan fingerprint density at radius 1 is 1.28 bits per heavy atom. The van der Waals surface area contributed by atoms with Gasteiger partial charge in [0.15, 0.2) is 0 Å². The second-order valence-corrected chi connectivity index (χ2v) is 7.65. The van der Waals surface area contributed by atoms with E-state index in [0.717, 1.165) is 24.2 Å². The fraction of sp³-hybridized carbons (Fsp3) is 0.429. The summed E-state index contributed by atoms with van der Waals surface area (Å²) in [5.74, 6) is -0.478. The third-order valence-corrected chi connectivity index (χ3v) is 5.55. The summed E-state index contributed by atoms with van der Waals surface area (Å²) in [5.41, 5.74) is 2.29. The molecule has 0 aliphatic carbocycles. The fourth-order valence-corrected chi connectivity index (χ4v) is 4.15. The highest BCUT2D eigenvalue weighted by molar-refractivity contribution is 5.98. The number of nitrogens with zero attached hydrogens (tertiary/aromatic N) is 3. The zero-order chi connectivity index (χ0) is 20.5. The maximum Gasteiger partial charge on any atom is 0.255 e. The van der Waals surface area contributed by atoms with E-state index in [1.165, 1.54) is 0 Å². The minimum Gasteiger partial charge on any atom is -0.347 e. The molecule has 0 spiro atoms. The third-order valence-electron chi connectivity index (χ3n) is 5.55. The molecule has 4 rings (SSSR count). The lowest BCUT2D eigenvalue weighted by molar-refractivity contribution is -0.146. The first kappa shape index (κ1) is 19.2. The second kappa shape index (κ2) is 7.69. The minimum atomic E-state index is -0.520. The Balaban J connectivity index is 1.53. The van der Waals surface area contributed by atoms with E-state index in [4.69, 9.17) is 0 Å². The van der Waals surface area contributed by atoms with E-state index in [2.05, 4.69) is 22.7 Å². The van der Waals surface area contributed by atoms with Gasteiger partial charge in [-0.05, 0) is 31.9 Å². The number of nitrogens with one attached hydrogen (secondary N) is 2. The topological polar surface area (TPSA) is 96.3 Å². The highest BCUT2D eigenvalue weighted by Gasteiger charge is 2.45. The summed E-state index contributed by atoms with van der Waals surface area (Å²) in [6, 6.07) is 8.42. The summed E-state index contributed by atoms with van der Waals surface area (Å²) >= 11 is 0. The number of hydrogen-bond donors (Lipinski definition) is 2. The number of piperazine rings is 1. The number of rotatable bonds is 5. The normalized spacial score (nSPS) is 23.7. The van der Waals surface area contributed by atoms with Crippen LogP contribution >= 0.6 is 0 Å². The molecule has 2 aliphatic heterocycles. The van der Waals surface area contributed by atoms with Crippen LogP contribution in [-0.4, -0.2) is 57.1 Å². The molecule has 3 amide bonds. The SMILES string of the molecule is CCCc1c(C(=O)N[C@H]2C[C@H]3C(=O)N[C@@H](C)C(=O)N3C2)cnn1-c1ccccc1. The Morgan fingerprint density at radius 2 is 2.03 bits per heavy atom. The average Bonchev–Trinajstić information content (AvgIpc) is 3.32. The van der Waals surface area contributed by atoms with Crippen molar-refractivity contribution in [3.8, 4) is 5.69 Å². The van der Waals surface area contributed by atoms with Crippen LogP contribution < -0.4 is 10.6 Å². The summed E-state index contributed by atoms with van der Waals surface area (Å²) in [5, 5.41) is 10.1. The van der Waals surface area contributed by atoms with Gasteiger partial charge < -0.3 is 15.5 Å².